The topological polar surface area (TPSA) is 75.3 Å². The van der Waals surface area contributed by atoms with Gasteiger partial charge < -0.3 is 16.2 Å². The van der Waals surface area contributed by atoms with Gasteiger partial charge in [-0.2, -0.15) is 0 Å². The number of benzene rings is 1. The molecule has 0 saturated heterocycles. The van der Waals surface area contributed by atoms with Crippen molar-refractivity contribution in [1.82, 2.24) is 0 Å². The molecule has 4 heteroatoms. The van der Waals surface area contributed by atoms with E-state index in [0.717, 1.165) is 5.56 Å². The molecule has 4 N–H and O–H groups in total. The maximum absolute atomic E-state index is 11.2. The van der Waals surface area contributed by atoms with E-state index >= 15 is 0 Å². The number of amides is 1. The van der Waals surface area contributed by atoms with Gasteiger partial charge in [0.25, 0.3) is 0 Å². The van der Waals surface area contributed by atoms with Crippen LogP contribution in [0.2, 0.25) is 0 Å². The van der Waals surface area contributed by atoms with Crippen LogP contribution in [0.4, 0.5) is 5.69 Å². The molecule has 1 rings (SSSR count). The highest BCUT2D eigenvalue weighted by atomic mass is 16.3. The second kappa shape index (κ2) is 4.11. The zero-order chi connectivity index (χ0) is 10.7. The second-order valence-electron chi connectivity index (χ2n) is 3.30. The summed E-state index contributed by atoms with van der Waals surface area (Å²) in [7, 11) is 0. The molecule has 0 heterocycles. The molecular weight excluding hydrogens is 180 g/mol. The predicted molar refractivity (Wildman–Crippen MR) is 55.1 cm³/mol. The normalized spacial score (nSPS) is 12.2. The number of hydrogen-bond acceptors (Lipinski definition) is 3. The number of nitrogens with two attached hydrogens (primary N) is 1. The fraction of sp³-hybridized carbons (Fsp3) is 0.300. The van der Waals surface area contributed by atoms with Crippen LogP contribution < -0.4 is 11.1 Å². The molecule has 0 aromatic heterocycles. The summed E-state index contributed by atoms with van der Waals surface area (Å²) in [5.74, 6) is -0.268. The van der Waals surface area contributed by atoms with Crippen LogP contribution in [0.3, 0.4) is 0 Å². The van der Waals surface area contributed by atoms with Gasteiger partial charge in [-0.1, -0.05) is 6.07 Å². The second-order valence-corrected chi connectivity index (χ2v) is 3.30. The third-order valence-corrected chi connectivity index (χ3v) is 1.82. The molecule has 0 aliphatic heterocycles. The quantitative estimate of drug-likeness (QED) is 0.614. The number of carbonyl (C=O) groups excluding carboxylic acids is 1. The average molecular weight is 194 g/mol. The molecule has 4 nitrogen and oxygen atoms in total. The number of aromatic hydroxyl groups is 1. The van der Waals surface area contributed by atoms with E-state index in [1.54, 1.807) is 19.1 Å². The van der Waals surface area contributed by atoms with Crippen LogP contribution in [0.25, 0.3) is 0 Å². The van der Waals surface area contributed by atoms with Gasteiger partial charge in [-0.25, -0.2) is 0 Å². The van der Waals surface area contributed by atoms with E-state index in [-0.39, 0.29) is 11.7 Å². The Balaban J connectivity index is 2.86. The van der Waals surface area contributed by atoms with Crippen molar-refractivity contribution in [3.8, 4) is 5.75 Å². The Morgan fingerprint density at radius 1 is 1.57 bits per heavy atom. The van der Waals surface area contributed by atoms with Crippen molar-refractivity contribution in [2.45, 2.75) is 19.9 Å². The smallest absolute Gasteiger partial charge is 0.241 e. The first-order valence-corrected chi connectivity index (χ1v) is 4.37. The van der Waals surface area contributed by atoms with Crippen LogP contribution in [0, 0.1) is 6.92 Å². The average Bonchev–Trinajstić information content (AvgIpc) is 2.11. The molecule has 0 radical (unpaired) electrons. The summed E-state index contributed by atoms with van der Waals surface area (Å²) in [5.41, 5.74) is 6.73. The van der Waals surface area contributed by atoms with Crippen LogP contribution in [0.1, 0.15) is 12.5 Å². The van der Waals surface area contributed by atoms with Crippen LogP contribution in [0.15, 0.2) is 18.2 Å². The lowest BCUT2D eigenvalue weighted by Gasteiger charge is -2.09. The summed E-state index contributed by atoms with van der Waals surface area (Å²) in [6, 6.07) is 4.40. The summed E-state index contributed by atoms with van der Waals surface area (Å²) >= 11 is 0. The highest BCUT2D eigenvalue weighted by Gasteiger charge is 2.09. The number of phenolic OH excluding ortho intramolecular Hbond substituents is 1. The van der Waals surface area contributed by atoms with Crippen LogP contribution in [0.5, 0.6) is 5.75 Å². The Kier molecular flexibility index (Phi) is 3.09. The van der Waals surface area contributed by atoms with E-state index in [2.05, 4.69) is 5.32 Å². The first-order chi connectivity index (χ1) is 6.50. The lowest BCUT2D eigenvalue weighted by atomic mass is 10.2. The summed E-state index contributed by atoms with van der Waals surface area (Å²) < 4.78 is 0. The standard InChI is InChI=1S/C10H14N2O2/c1-6-3-4-9(13)8(5-6)12-10(14)7(2)11/h3-5,7,13H,11H2,1-2H3,(H,12,14)/t7-/m1/s1. The number of anilines is 1. The molecule has 0 fully saturated rings. The van der Waals surface area contributed by atoms with Gasteiger partial charge >= 0.3 is 0 Å². The van der Waals surface area contributed by atoms with Crippen molar-refractivity contribution in [2.75, 3.05) is 5.32 Å². The van der Waals surface area contributed by atoms with Crippen LogP contribution >= 0.6 is 0 Å². The number of nitrogens with one attached hydrogen (secondary N) is 1. The van der Waals surface area contributed by atoms with Crippen molar-refractivity contribution in [1.29, 1.82) is 0 Å². The molecule has 76 valence electrons. The molecule has 0 aliphatic carbocycles. The molecule has 14 heavy (non-hydrogen) atoms. The van der Waals surface area contributed by atoms with Gasteiger partial charge in [0.1, 0.15) is 5.75 Å². The number of aryl methyl sites for hydroxylation is 1. The number of hydrogen-bond donors (Lipinski definition) is 3. The van der Waals surface area contributed by atoms with Crippen molar-refractivity contribution in [3.63, 3.8) is 0 Å². The van der Waals surface area contributed by atoms with Gasteiger partial charge in [-0.3, -0.25) is 4.79 Å². The van der Waals surface area contributed by atoms with Gasteiger partial charge in [0.2, 0.25) is 5.91 Å². The molecule has 1 aromatic rings. The fourth-order valence-corrected chi connectivity index (χ4v) is 0.997. The monoisotopic (exact) mass is 194 g/mol. The van der Waals surface area contributed by atoms with Crippen molar-refractivity contribution < 1.29 is 9.90 Å². The molecule has 0 unspecified atom stereocenters. The summed E-state index contributed by atoms with van der Waals surface area (Å²) in [6.45, 7) is 3.46. The highest BCUT2D eigenvalue weighted by Crippen LogP contribution is 2.23. The first-order valence-electron chi connectivity index (χ1n) is 4.37. The summed E-state index contributed by atoms with van der Waals surface area (Å²) in [4.78, 5) is 11.2. The lowest BCUT2D eigenvalue weighted by Crippen LogP contribution is -2.32. The van der Waals surface area contributed by atoms with E-state index in [1.807, 2.05) is 6.92 Å². The van der Waals surface area contributed by atoms with Gasteiger partial charge in [0.05, 0.1) is 11.7 Å². The summed E-state index contributed by atoms with van der Waals surface area (Å²) in [6.07, 6.45) is 0. The lowest BCUT2D eigenvalue weighted by molar-refractivity contribution is -0.117. The minimum absolute atomic E-state index is 0.0459. The van der Waals surface area contributed by atoms with Crippen molar-refractivity contribution >= 4 is 11.6 Å². The minimum Gasteiger partial charge on any atom is -0.506 e. The zero-order valence-electron chi connectivity index (χ0n) is 8.24. The maximum atomic E-state index is 11.2. The van der Waals surface area contributed by atoms with Crippen LogP contribution in [-0.2, 0) is 4.79 Å². The molecule has 0 bridgehead atoms. The molecular formula is C10H14N2O2. The number of carbonyl (C=O) groups is 1. The number of phenols is 1. The largest absolute Gasteiger partial charge is 0.506 e. The third-order valence-electron chi connectivity index (χ3n) is 1.82. The highest BCUT2D eigenvalue weighted by molar-refractivity contribution is 5.95. The Labute approximate surface area is 82.7 Å². The third kappa shape index (κ3) is 2.47. The molecule has 1 amide bonds. The van der Waals surface area contributed by atoms with Gasteiger partial charge in [0.15, 0.2) is 0 Å². The predicted octanol–water partition coefficient (Wildman–Crippen LogP) is 0.986. The maximum Gasteiger partial charge on any atom is 0.241 e. The van der Waals surface area contributed by atoms with Crippen LogP contribution in [-0.4, -0.2) is 17.1 Å². The summed E-state index contributed by atoms with van der Waals surface area (Å²) in [5, 5.41) is 11.9. The molecule has 1 aromatic carbocycles. The molecule has 0 saturated carbocycles. The molecule has 1 atom stereocenters. The fourth-order valence-electron chi connectivity index (χ4n) is 0.997. The Morgan fingerprint density at radius 2 is 2.21 bits per heavy atom. The van der Waals surface area contributed by atoms with Crippen molar-refractivity contribution in [2.24, 2.45) is 5.73 Å². The van der Waals surface area contributed by atoms with E-state index < -0.39 is 6.04 Å². The molecule has 0 aliphatic rings. The van der Waals surface area contributed by atoms with E-state index in [1.165, 1.54) is 6.07 Å². The minimum atomic E-state index is -0.588. The van der Waals surface area contributed by atoms with Gasteiger partial charge in [-0.15, -0.1) is 0 Å². The van der Waals surface area contributed by atoms with E-state index in [0.29, 0.717) is 5.69 Å². The van der Waals surface area contributed by atoms with E-state index in [4.69, 9.17) is 5.73 Å². The Morgan fingerprint density at radius 3 is 2.79 bits per heavy atom. The SMILES string of the molecule is Cc1ccc(O)c(NC(=O)[C@@H](C)N)c1. The first kappa shape index (κ1) is 10.5. The molecule has 0 spiro atoms. The Bertz CT molecular complexity index is 348. The Hall–Kier alpha value is -1.55. The van der Waals surface area contributed by atoms with Gasteiger partial charge in [0, 0.05) is 0 Å². The van der Waals surface area contributed by atoms with E-state index in [9.17, 15) is 9.90 Å². The number of rotatable bonds is 2. The van der Waals surface area contributed by atoms with Gasteiger partial charge in [-0.05, 0) is 31.5 Å². The van der Waals surface area contributed by atoms with Crippen molar-refractivity contribution in [3.05, 3.63) is 23.8 Å². The zero-order valence-corrected chi connectivity index (χ0v) is 8.24.